The number of hydrogen-bond acceptors (Lipinski definition) is 5. The fourth-order valence-corrected chi connectivity index (χ4v) is 4.76. The van der Waals surface area contributed by atoms with Crippen molar-refractivity contribution >= 4 is 67.8 Å². The third-order valence-corrected chi connectivity index (χ3v) is 6.77. The Morgan fingerprint density at radius 3 is 2.67 bits per heavy atom. The lowest BCUT2D eigenvalue weighted by Gasteiger charge is -2.16. The highest BCUT2D eigenvalue weighted by atomic mass is 79.9. The van der Waals surface area contributed by atoms with E-state index in [0.29, 0.717) is 44.8 Å². The Labute approximate surface area is 199 Å². The van der Waals surface area contributed by atoms with Gasteiger partial charge >= 0.3 is 0 Å². The van der Waals surface area contributed by atoms with Gasteiger partial charge < -0.3 is 9.47 Å². The van der Waals surface area contributed by atoms with Gasteiger partial charge in [-0.2, -0.15) is 0 Å². The van der Waals surface area contributed by atoms with Crippen molar-refractivity contribution in [1.82, 2.24) is 4.90 Å². The normalized spacial score (nSPS) is 15.4. The highest BCUT2D eigenvalue weighted by molar-refractivity contribution is 9.10. The second-order valence-electron chi connectivity index (χ2n) is 7.09. The number of methoxy groups -OCH3 is 1. The fourth-order valence-electron chi connectivity index (χ4n) is 2.87. The van der Waals surface area contributed by atoms with Crippen LogP contribution >= 0.6 is 51.5 Å². The first-order chi connectivity index (χ1) is 14.3. The van der Waals surface area contributed by atoms with Gasteiger partial charge in [-0.25, -0.2) is 0 Å². The Hall–Kier alpha value is -1.54. The molecule has 1 aliphatic heterocycles. The molecular weight excluding hydrogens is 506 g/mol. The average molecular weight is 527 g/mol. The van der Waals surface area contributed by atoms with Gasteiger partial charge in [-0.05, 0) is 35.8 Å². The van der Waals surface area contributed by atoms with Crippen molar-refractivity contribution in [2.75, 3.05) is 13.7 Å². The van der Waals surface area contributed by atoms with Gasteiger partial charge in [0.1, 0.15) is 10.9 Å². The maximum absolute atomic E-state index is 12.7. The molecular formula is C22H21BrClNO3S2. The van der Waals surface area contributed by atoms with Crippen LogP contribution in [0.3, 0.4) is 0 Å². The molecule has 0 saturated carbocycles. The van der Waals surface area contributed by atoms with E-state index in [4.69, 9.17) is 33.3 Å². The van der Waals surface area contributed by atoms with Gasteiger partial charge in [0.25, 0.3) is 5.91 Å². The molecule has 2 aromatic rings. The first-order valence-electron chi connectivity index (χ1n) is 9.29. The number of rotatable bonds is 7. The minimum absolute atomic E-state index is 0.0661. The van der Waals surface area contributed by atoms with Gasteiger partial charge in [0.05, 0.1) is 12.0 Å². The quantitative estimate of drug-likeness (QED) is 0.302. The lowest BCUT2D eigenvalue weighted by molar-refractivity contribution is -0.122. The van der Waals surface area contributed by atoms with Gasteiger partial charge in [-0.3, -0.25) is 9.69 Å². The van der Waals surface area contributed by atoms with Crippen LogP contribution in [0.2, 0.25) is 5.02 Å². The zero-order chi connectivity index (χ0) is 21.8. The Kier molecular flexibility index (Phi) is 7.85. The summed E-state index contributed by atoms with van der Waals surface area (Å²) in [6.45, 7) is 5.05. The second kappa shape index (κ2) is 10.2. The molecule has 1 heterocycles. The lowest BCUT2D eigenvalue weighted by Crippen LogP contribution is -2.31. The number of thiocarbonyl (C=S) groups is 1. The highest BCUT2D eigenvalue weighted by Crippen LogP contribution is 2.38. The molecule has 4 nitrogen and oxygen atoms in total. The maximum atomic E-state index is 12.7. The van der Waals surface area contributed by atoms with Gasteiger partial charge in [0, 0.05) is 21.6 Å². The van der Waals surface area contributed by atoms with E-state index in [-0.39, 0.29) is 5.91 Å². The third kappa shape index (κ3) is 5.38. The predicted octanol–water partition coefficient (Wildman–Crippen LogP) is 6.55. The van der Waals surface area contributed by atoms with Crippen LogP contribution in [0.15, 0.2) is 45.8 Å². The number of hydrogen-bond donors (Lipinski definition) is 0. The van der Waals surface area contributed by atoms with E-state index in [1.165, 1.54) is 11.8 Å². The summed E-state index contributed by atoms with van der Waals surface area (Å²) in [4.78, 5) is 15.0. The number of thioether (sulfide) groups is 1. The molecule has 1 amide bonds. The van der Waals surface area contributed by atoms with Crippen LogP contribution < -0.4 is 9.47 Å². The summed E-state index contributed by atoms with van der Waals surface area (Å²) in [5, 5.41) is 0.649. The fraction of sp³-hybridized carbons (Fsp3) is 0.273. The van der Waals surface area contributed by atoms with E-state index in [1.807, 2.05) is 42.5 Å². The molecule has 8 heteroatoms. The molecule has 0 aliphatic carbocycles. The van der Waals surface area contributed by atoms with E-state index in [2.05, 4.69) is 29.8 Å². The molecule has 0 unspecified atom stereocenters. The van der Waals surface area contributed by atoms with Crippen LogP contribution in [0.1, 0.15) is 25.0 Å². The minimum Gasteiger partial charge on any atom is -0.493 e. The predicted molar refractivity (Wildman–Crippen MR) is 131 cm³/mol. The number of carbonyl (C=O) groups is 1. The molecule has 1 fully saturated rings. The smallest absolute Gasteiger partial charge is 0.266 e. The van der Waals surface area contributed by atoms with Crippen LogP contribution in [-0.4, -0.2) is 28.8 Å². The minimum atomic E-state index is -0.0661. The molecule has 1 saturated heterocycles. The molecule has 0 bridgehead atoms. The lowest BCUT2D eigenvalue weighted by atomic mass is 10.1. The Morgan fingerprint density at radius 2 is 2.00 bits per heavy atom. The van der Waals surface area contributed by atoms with E-state index in [9.17, 15) is 4.79 Å². The van der Waals surface area contributed by atoms with Crippen molar-refractivity contribution < 1.29 is 14.3 Å². The molecule has 0 aromatic heterocycles. The summed E-state index contributed by atoms with van der Waals surface area (Å²) in [6, 6.07) is 11.2. The number of halogens is 2. The summed E-state index contributed by atoms with van der Waals surface area (Å²) in [6.07, 6.45) is 1.82. The largest absolute Gasteiger partial charge is 0.493 e. The van der Waals surface area contributed by atoms with Crippen LogP contribution in [0.25, 0.3) is 6.08 Å². The molecule has 0 atom stereocenters. The summed E-state index contributed by atoms with van der Waals surface area (Å²) in [7, 11) is 1.58. The molecule has 158 valence electrons. The monoisotopic (exact) mass is 525 g/mol. The van der Waals surface area contributed by atoms with Crippen molar-refractivity contribution in [2.45, 2.75) is 20.5 Å². The zero-order valence-corrected chi connectivity index (χ0v) is 20.8. The van der Waals surface area contributed by atoms with Crippen LogP contribution in [0, 0.1) is 5.92 Å². The zero-order valence-electron chi connectivity index (χ0n) is 16.8. The first kappa shape index (κ1) is 23.1. The van der Waals surface area contributed by atoms with Crippen molar-refractivity contribution in [3.05, 3.63) is 61.9 Å². The Morgan fingerprint density at radius 1 is 1.27 bits per heavy atom. The van der Waals surface area contributed by atoms with Gasteiger partial charge in [0.2, 0.25) is 0 Å². The van der Waals surface area contributed by atoms with E-state index in [0.717, 1.165) is 15.6 Å². The summed E-state index contributed by atoms with van der Waals surface area (Å²) >= 11 is 16.5. The number of carbonyl (C=O) groups excluding carboxylic acids is 1. The molecule has 30 heavy (non-hydrogen) atoms. The van der Waals surface area contributed by atoms with Gasteiger partial charge in [-0.15, -0.1) is 0 Å². The second-order valence-corrected chi connectivity index (χ2v) is 10.0. The van der Waals surface area contributed by atoms with Crippen LogP contribution in [0.5, 0.6) is 11.5 Å². The third-order valence-electron chi connectivity index (χ3n) is 4.33. The number of nitrogens with zero attached hydrogens (tertiary/aromatic N) is 1. The number of amides is 1. The molecule has 1 aliphatic rings. The van der Waals surface area contributed by atoms with E-state index < -0.39 is 0 Å². The van der Waals surface area contributed by atoms with Crippen molar-refractivity contribution in [3.8, 4) is 11.5 Å². The summed E-state index contributed by atoms with van der Waals surface area (Å²) < 4.78 is 12.8. The van der Waals surface area contributed by atoms with E-state index >= 15 is 0 Å². The number of benzene rings is 2. The Balaban J connectivity index is 1.84. The topological polar surface area (TPSA) is 38.8 Å². The van der Waals surface area contributed by atoms with Crippen molar-refractivity contribution in [3.63, 3.8) is 0 Å². The molecule has 0 radical (unpaired) electrons. The summed E-state index contributed by atoms with van der Waals surface area (Å²) in [5.74, 6) is 1.42. The van der Waals surface area contributed by atoms with Crippen LogP contribution in [-0.2, 0) is 11.4 Å². The standard InChI is InChI=1S/C22H21BrClNO3S2/c1-13(2)11-25-21(26)20(30-22(25)29)9-15-8-18(27-3)19(10-16(15)23)28-12-14-6-4-5-7-17(14)24/h4-10,13H,11-12H2,1-3H3/b20-9-. The first-order valence-corrected chi connectivity index (χ1v) is 11.7. The molecule has 2 aromatic carbocycles. The van der Waals surface area contributed by atoms with E-state index in [1.54, 1.807) is 12.0 Å². The molecule has 0 N–H and O–H groups in total. The SMILES string of the molecule is COc1cc(/C=C2\SC(=S)N(CC(C)C)C2=O)c(Br)cc1OCc1ccccc1Cl. The number of ether oxygens (including phenoxy) is 2. The van der Waals surface area contributed by atoms with Crippen LogP contribution in [0.4, 0.5) is 0 Å². The average Bonchev–Trinajstić information content (AvgIpc) is 2.96. The highest BCUT2D eigenvalue weighted by Gasteiger charge is 2.32. The molecule has 3 rings (SSSR count). The van der Waals surface area contributed by atoms with Crippen molar-refractivity contribution in [1.29, 1.82) is 0 Å². The van der Waals surface area contributed by atoms with Gasteiger partial charge in [-0.1, -0.05) is 83.6 Å². The maximum Gasteiger partial charge on any atom is 0.266 e. The Bertz CT molecular complexity index is 1010. The van der Waals surface area contributed by atoms with Crippen molar-refractivity contribution in [2.24, 2.45) is 5.92 Å². The van der Waals surface area contributed by atoms with Gasteiger partial charge in [0.15, 0.2) is 11.5 Å². The molecule has 0 spiro atoms. The summed E-state index contributed by atoms with van der Waals surface area (Å²) in [5.41, 5.74) is 1.69.